The van der Waals surface area contributed by atoms with E-state index in [0.717, 1.165) is 12.8 Å². The molecule has 1 heterocycles. The smallest absolute Gasteiger partial charge is 0.212 e. The van der Waals surface area contributed by atoms with Gasteiger partial charge in [-0.2, -0.15) is 5.06 Å². The molecule has 0 aromatic rings. The first-order valence-corrected chi connectivity index (χ1v) is 9.62. The summed E-state index contributed by atoms with van der Waals surface area (Å²) < 4.78 is 23.6. The van der Waals surface area contributed by atoms with Crippen molar-refractivity contribution in [3.05, 3.63) is 0 Å². The van der Waals surface area contributed by atoms with E-state index < -0.39 is 15.3 Å². The SMILES string of the molecule is CC1(C)CC(S(N)(=O)=O)CC(C)(C)N1OC1CCCCC1. The number of primary sulfonamides is 1. The predicted octanol–water partition coefficient (Wildman–Crippen LogP) is 2.56. The van der Waals surface area contributed by atoms with Crippen molar-refractivity contribution in [1.82, 2.24) is 5.06 Å². The van der Waals surface area contributed by atoms with Crippen LogP contribution >= 0.6 is 0 Å². The lowest BCUT2D eigenvalue weighted by Crippen LogP contribution is -2.63. The minimum absolute atomic E-state index is 0.267. The van der Waals surface area contributed by atoms with Crippen LogP contribution in [-0.2, 0) is 14.9 Å². The highest BCUT2D eigenvalue weighted by molar-refractivity contribution is 7.89. The van der Waals surface area contributed by atoms with Crippen LogP contribution in [0.3, 0.4) is 0 Å². The summed E-state index contributed by atoms with van der Waals surface area (Å²) in [5.74, 6) is 0. The van der Waals surface area contributed by atoms with Crippen LogP contribution in [0.15, 0.2) is 0 Å². The van der Waals surface area contributed by atoms with Crippen molar-refractivity contribution in [1.29, 1.82) is 0 Å². The first-order valence-electron chi connectivity index (χ1n) is 8.01. The monoisotopic (exact) mass is 318 g/mol. The third-order valence-electron chi connectivity index (χ3n) is 4.83. The van der Waals surface area contributed by atoms with Crippen molar-refractivity contribution < 1.29 is 13.3 Å². The second-order valence-electron chi connectivity index (χ2n) is 7.90. The van der Waals surface area contributed by atoms with Gasteiger partial charge in [0.05, 0.1) is 11.4 Å². The summed E-state index contributed by atoms with van der Waals surface area (Å²) in [6, 6.07) is 0. The zero-order valence-electron chi connectivity index (χ0n) is 13.8. The van der Waals surface area contributed by atoms with E-state index in [-0.39, 0.29) is 17.2 Å². The molecule has 124 valence electrons. The first kappa shape index (κ1) is 17.2. The van der Waals surface area contributed by atoms with Crippen molar-refractivity contribution in [2.75, 3.05) is 0 Å². The average Bonchev–Trinajstić information content (AvgIpc) is 2.33. The van der Waals surface area contributed by atoms with Gasteiger partial charge in [-0.05, 0) is 53.4 Å². The Kier molecular flexibility index (Phi) is 4.74. The van der Waals surface area contributed by atoms with Gasteiger partial charge in [-0.15, -0.1) is 0 Å². The van der Waals surface area contributed by atoms with Crippen LogP contribution in [0.25, 0.3) is 0 Å². The summed E-state index contributed by atoms with van der Waals surface area (Å²) in [7, 11) is -3.51. The Bertz CT molecular complexity index is 449. The number of sulfonamides is 1. The molecule has 0 radical (unpaired) electrons. The molecule has 2 fully saturated rings. The van der Waals surface area contributed by atoms with E-state index in [1.54, 1.807) is 0 Å². The van der Waals surface area contributed by atoms with Crippen LogP contribution in [0.4, 0.5) is 0 Å². The number of rotatable bonds is 3. The molecule has 0 amide bonds. The summed E-state index contributed by atoms with van der Waals surface area (Å²) in [6.45, 7) is 8.20. The first-order chi connectivity index (χ1) is 9.52. The maximum Gasteiger partial charge on any atom is 0.212 e. The molecule has 0 atom stereocenters. The van der Waals surface area contributed by atoms with Gasteiger partial charge in [-0.25, -0.2) is 13.6 Å². The van der Waals surface area contributed by atoms with Gasteiger partial charge in [0, 0.05) is 11.1 Å². The summed E-state index contributed by atoms with van der Waals surface area (Å²) in [6.07, 6.45) is 7.23. The molecule has 1 saturated carbocycles. The van der Waals surface area contributed by atoms with Gasteiger partial charge in [0.2, 0.25) is 10.0 Å². The predicted molar refractivity (Wildman–Crippen MR) is 84.1 cm³/mol. The molecule has 0 unspecified atom stereocenters. The zero-order valence-corrected chi connectivity index (χ0v) is 14.6. The highest BCUT2D eigenvalue weighted by Gasteiger charge is 2.50. The summed E-state index contributed by atoms with van der Waals surface area (Å²) in [5.41, 5.74) is -0.674. The van der Waals surface area contributed by atoms with Crippen LogP contribution < -0.4 is 5.14 Å². The lowest BCUT2D eigenvalue weighted by molar-refractivity contribution is -0.307. The maximum atomic E-state index is 11.8. The largest absolute Gasteiger partial charge is 0.295 e. The van der Waals surface area contributed by atoms with Crippen molar-refractivity contribution in [3.8, 4) is 0 Å². The number of hydrogen-bond acceptors (Lipinski definition) is 4. The lowest BCUT2D eigenvalue weighted by atomic mass is 9.81. The van der Waals surface area contributed by atoms with Crippen LogP contribution in [0, 0.1) is 0 Å². The number of hydroxylamine groups is 2. The van der Waals surface area contributed by atoms with Gasteiger partial charge in [0.25, 0.3) is 0 Å². The highest BCUT2D eigenvalue weighted by atomic mass is 32.2. The molecule has 21 heavy (non-hydrogen) atoms. The summed E-state index contributed by atoms with van der Waals surface area (Å²) in [5, 5.41) is 6.96. The number of hydrogen-bond donors (Lipinski definition) is 1. The van der Waals surface area contributed by atoms with E-state index in [1.165, 1.54) is 19.3 Å². The lowest BCUT2D eigenvalue weighted by Gasteiger charge is -2.54. The van der Waals surface area contributed by atoms with Crippen LogP contribution in [-0.4, -0.2) is 35.9 Å². The molecule has 2 rings (SSSR count). The molecule has 0 spiro atoms. The molecule has 1 aliphatic heterocycles. The van der Waals surface area contributed by atoms with Crippen LogP contribution in [0.5, 0.6) is 0 Å². The minimum Gasteiger partial charge on any atom is -0.295 e. The van der Waals surface area contributed by atoms with Gasteiger partial charge in [0.15, 0.2) is 0 Å². The van der Waals surface area contributed by atoms with E-state index in [0.29, 0.717) is 12.8 Å². The van der Waals surface area contributed by atoms with E-state index in [9.17, 15) is 8.42 Å². The van der Waals surface area contributed by atoms with Crippen LogP contribution in [0.1, 0.15) is 72.6 Å². The Morgan fingerprint density at radius 2 is 1.48 bits per heavy atom. The second-order valence-corrected chi connectivity index (χ2v) is 9.75. The topological polar surface area (TPSA) is 72.6 Å². The molecular formula is C15H30N2O3S. The van der Waals surface area contributed by atoms with Crippen LogP contribution in [0.2, 0.25) is 0 Å². The standard InChI is InChI=1S/C15H30N2O3S/c1-14(2)10-13(21(16,18)19)11-15(3,4)17(14)20-12-8-6-5-7-9-12/h12-13H,5-11H2,1-4H3,(H2,16,18,19). The molecule has 1 aliphatic carbocycles. The van der Waals surface area contributed by atoms with Gasteiger partial charge >= 0.3 is 0 Å². The van der Waals surface area contributed by atoms with Gasteiger partial charge in [-0.1, -0.05) is 19.3 Å². The van der Waals surface area contributed by atoms with E-state index >= 15 is 0 Å². The average molecular weight is 318 g/mol. The van der Waals surface area contributed by atoms with Crippen molar-refractivity contribution in [3.63, 3.8) is 0 Å². The fourth-order valence-corrected chi connectivity index (χ4v) is 5.29. The third kappa shape index (κ3) is 3.97. The molecule has 2 aliphatic rings. The van der Waals surface area contributed by atoms with Gasteiger partial charge < -0.3 is 0 Å². The number of piperidine rings is 1. The van der Waals surface area contributed by atoms with E-state index in [2.05, 4.69) is 32.8 Å². The summed E-state index contributed by atoms with van der Waals surface area (Å²) >= 11 is 0. The number of nitrogens with zero attached hydrogens (tertiary/aromatic N) is 1. The fraction of sp³-hybridized carbons (Fsp3) is 1.00. The van der Waals surface area contributed by atoms with Gasteiger partial charge in [0.1, 0.15) is 0 Å². The number of nitrogens with two attached hydrogens (primary N) is 1. The highest BCUT2D eigenvalue weighted by Crippen LogP contribution is 2.41. The Morgan fingerprint density at radius 1 is 1.00 bits per heavy atom. The second kappa shape index (κ2) is 5.80. The Balaban J connectivity index is 2.16. The Labute approximate surface area is 129 Å². The fourth-order valence-electron chi connectivity index (χ4n) is 4.01. The maximum absolute atomic E-state index is 11.8. The molecule has 5 nitrogen and oxygen atoms in total. The zero-order chi connectivity index (χ0) is 15.9. The molecule has 0 aromatic carbocycles. The van der Waals surface area contributed by atoms with E-state index in [1.807, 2.05) is 0 Å². The molecule has 0 bridgehead atoms. The molecule has 2 N–H and O–H groups in total. The van der Waals surface area contributed by atoms with Crippen molar-refractivity contribution in [2.45, 2.75) is 95.1 Å². The molecule has 1 saturated heterocycles. The van der Waals surface area contributed by atoms with E-state index in [4.69, 9.17) is 9.98 Å². The minimum atomic E-state index is -3.51. The normalized spacial score (nSPS) is 28.6. The van der Waals surface area contributed by atoms with Crippen molar-refractivity contribution in [2.24, 2.45) is 5.14 Å². The van der Waals surface area contributed by atoms with Crippen molar-refractivity contribution >= 4 is 10.0 Å². The Morgan fingerprint density at radius 3 is 1.90 bits per heavy atom. The van der Waals surface area contributed by atoms with Gasteiger partial charge in [-0.3, -0.25) is 4.84 Å². The molecule has 0 aromatic heterocycles. The molecule has 6 heteroatoms. The Hall–Kier alpha value is -0.170. The summed E-state index contributed by atoms with van der Waals surface area (Å²) in [4.78, 5) is 6.32. The molecular weight excluding hydrogens is 288 g/mol. The quantitative estimate of drug-likeness (QED) is 0.868. The third-order valence-corrected chi connectivity index (χ3v) is 6.09.